The second-order valence-electron chi connectivity index (χ2n) is 6.70. The molecule has 4 heteroatoms. The highest BCUT2D eigenvalue weighted by molar-refractivity contribution is 5.73. The van der Waals surface area contributed by atoms with Crippen molar-refractivity contribution >= 4 is 5.91 Å². The maximum Gasteiger partial charge on any atom is 0.219 e. The van der Waals surface area contributed by atoms with Crippen LogP contribution in [0, 0.1) is 5.41 Å². The van der Waals surface area contributed by atoms with E-state index in [-0.39, 0.29) is 5.91 Å². The molecule has 2 saturated heterocycles. The highest BCUT2D eigenvalue weighted by Gasteiger charge is 2.42. The molecule has 3 rings (SSSR count). The summed E-state index contributed by atoms with van der Waals surface area (Å²) in [5.74, 6) is 1.09. The summed E-state index contributed by atoms with van der Waals surface area (Å²) in [6, 6.07) is 8.24. The van der Waals surface area contributed by atoms with E-state index < -0.39 is 0 Å². The number of nitrogens with zero attached hydrogens (tertiary/aromatic N) is 1. The van der Waals surface area contributed by atoms with Crippen LogP contribution < -0.4 is 4.74 Å². The van der Waals surface area contributed by atoms with Crippen molar-refractivity contribution in [1.82, 2.24) is 4.90 Å². The van der Waals surface area contributed by atoms with Gasteiger partial charge < -0.3 is 14.4 Å². The van der Waals surface area contributed by atoms with Gasteiger partial charge in [0.2, 0.25) is 5.91 Å². The van der Waals surface area contributed by atoms with Crippen LogP contribution in [0.25, 0.3) is 0 Å². The van der Waals surface area contributed by atoms with E-state index in [1.165, 1.54) is 5.56 Å². The maximum absolute atomic E-state index is 11.4. The summed E-state index contributed by atoms with van der Waals surface area (Å²) in [5, 5.41) is 0. The lowest BCUT2D eigenvalue weighted by Gasteiger charge is -2.38. The minimum atomic E-state index is 0.198. The highest BCUT2D eigenvalue weighted by Crippen LogP contribution is 2.42. The molecule has 2 aliphatic heterocycles. The van der Waals surface area contributed by atoms with Gasteiger partial charge in [-0.25, -0.2) is 0 Å². The molecule has 0 unspecified atom stereocenters. The zero-order valence-corrected chi connectivity index (χ0v) is 13.5. The van der Waals surface area contributed by atoms with Gasteiger partial charge in [-0.05, 0) is 48.8 Å². The standard InChI is InChI=1S/C18H25NO3/c1-14(20)19-9-7-18(8-10-19)12-17(22-13-18)11-15-3-5-16(21-2)6-4-15/h3-6,17H,7-13H2,1-2H3/t17-/m0/s1. The lowest BCUT2D eigenvalue weighted by Crippen LogP contribution is -2.42. The van der Waals surface area contributed by atoms with Crippen molar-refractivity contribution in [3.63, 3.8) is 0 Å². The summed E-state index contributed by atoms with van der Waals surface area (Å²) in [6.45, 7) is 4.27. The van der Waals surface area contributed by atoms with Crippen LogP contribution in [0.2, 0.25) is 0 Å². The third-order valence-electron chi connectivity index (χ3n) is 5.18. The Morgan fingerprint density at radius 2 is 2.00 bits per heavy atom. The van der Waals surface area contributed by atoms with Gasteiger partial charge in [0.15, 0.2) is 0 Å². The van der Waals surface area contributed by atoms with Crippen LogP contribution in [-0.2, 0) is 16.0 Å². The molecule has 2 fully saturated rings. The fourth-order valence-corrected chi connectivity index (χ4v) is 3.70. The minimum Gasteiger partial charge on any atom is -0.497 e. The van der Waals surface area contributed by atoms with Crippen LogP contribution in [-0.4, -0.2) is 43.7 Å². The predicted octanol–water partition coefficient (Wildman–Crippen LogP) is 2.66. The largest absolute Gasteiger partial charge is 0.497 e. The molecule has 4 nitrogen and oxygen atoms in total. The lowest BCUT2D eigenvalue weighted by molar-refractivity contribution is -0.131. The molecule has 22 heavy (non-hydrogen) atoms. The van der Waals surface area contributed by atoms with Crippen LogP contribution >= 0.6 is 0 Å². The van der Waals surface area contributed by atoms with E-state index in [4.69, 9.17) is 9.47 Å². The Kier molecular flexibility index (Phi) is 4.39. The average Bonchev–Trinajstić information content (AvgIpc) is 2.91. The molecule has 1 aromatic carbocycles. The van der Waals surface area contributed by atoms with Gasteiger partial charge in [0.25, 0.3) is 0 Å². The van der Waals surface area contributed by atoms with E-state index in [2.05, 4.69) is 12.1 Å². The fraction of sp³-hybridized carbons (Fsp3) is 0.611. The molecule has 0 saturated carbocycles. The predicted molar refractivity (Wildman–Crippen MR) is 85.0 cm³/mol. The topological polar surface area (TPSA) is 38.8 Å². The maximum atomic E-state index is 11.4. The van der Waals surface area contributed by atoms with E-state index in [1.54, 1.807) is 14.0 Å². The fourth-order valence-electron chi connectivity index (χ4n) is 3.70. The number of methoxy groups -OCH3 is 1. The first kappa shape index (κ1) is 15.3. The van der Waals surface area contributed by atoms with Crippen LogP contribution in [0.1, 0.15) is 31.7 Å². The van der Waals surface area contributed by atoms with Crippen LogP contribution in [0.5, 0.6) is 5.75 Å². The normalized spacial score (nSPS) is 23.7. The minimum absolute atomic E-state index is 0.198. The molecule has 0 N–H and O–H groups in total. The number of rotatable bonds is 3. The van der Waals surface area contributed by atoms with Gasteiger partial charge in [-0.1, -0.05) is 12.1 Å². The first-order valence-corrected chi connectivity index (χ1v) is 8.10. The number of piperidine rings is 1. The molecule has 0 aliphatic carbocycles. The molecule has 0 bridgehead atoms. The van der Waals surface area contributed by atoms with Crippen molar-refractivity contribution in [2.75, 3.05) is 26.8 Å². The lowest BCUT2D eigenvalue weighted by atomic mass is 9.76. The van der Waals surface area contributed by atoms with Crippen LogP contribution in [0.3, 0.4) is 0 Å². The summed E-state index contributed by atoms with van der Waals surface area (Å²) < 4.78 is 11.3. The number of hydrogen-bond donors (Lipinski definition) is 0. The SMILES string of the molecule is COc1ccc(C[C@H]2CC3(CCN(C(C)=O)CC3)CO2)cc1. The molecular weight excluding hydrogens is 278 g/mol. The van der Waals surface area contributed by atoms with Crippen molar-refractivity contribution in [3.8, 4) is 5.75 Å². The average molecular weight is 303 g/mol. The van der Waals surface area contributed by atoms with E-state index in [9.17, 15) is 4.79 Å². The van der Waals surface area contributed by atoms with Crippen molar-refractivity contribution in [3.05, 3.63) is 29.8 Å². The second-order valence-corrected chi connectivity index (χ2v) is 6.70. The number of benzene rings is 1. The quantitative estimate of drug-likeness (QED) is 0.861. The van der Waals surface area contributed by atoms with E-state index >= 15 is 0 Å². The summed E-state index contributed by atoms with van der Waals surface area (Å²) in [6.07, 6.45) is 4.53. The van der Waals surface area contributed by atoms with Crippen LogP contribution in [0.4, 0.5) is 0 Å². The van der Waals surface area contributed by atoms with Gasteiger partial charge in [-0.15, -0.1) is 0 Å². The van der Waals surface area contributed by atoms with E-state index in [0.717, 1.165) is 51.1 Å². The van der Waals surface area contributed by atoms with Crippen molar-refractivity contribution < 1.29 is 14.3 Å². The molecule has 120 valence electrons. The smallest absolute Gasteiger partial charge is 0.219 e. The van der Waals surface area contributed by atoms with Crippen molar-refractivity contribution in [1.29, 1.82) is 0 Å². The molecule has 0 aromatic heterocycles. The zero-order chi connectivity index (χ0) is 15.6. The van der Waals surface area contributed by atoms with Crippen LogP contribution in [0.15, 0.2) is 24.3 Å². The summed E-state index contributed by atoms with van der Waals surface area (Å²) in [7, 11) is 1.69. The molecule has 1 spiro atoms. The Labute approximate surface area is 132 Å². The number of amides is 1. The number of likely N-dealkylation sites (tertiary alicyclic amines) is 1. The Balaban J connectivity index is 1.55. The Hall–Kier alpha value is -1.55. The Morgan fingerprint density at radius 1 is 1.32 bits per heavy atom. The van der Waals surface area contributed by atoms with E-state index in [1.807, 2.05) is 17.0 Å². The van der Waals surface area contributed by atoms with Crippen molar-refractivity contribution in [2.24, 2.45) is 5.41 Å². The monoisotopic (exact) mass is 303 g/mol. The number of carbonyl (C=O) groups is 1. The van der Waals surface area contributed by atoms with Gasteiger partial charge >= 0.3 is 0 Å². The second kappa shape index (κ2) is 6.29. The first-order chi connectivity index (χ1) is 10.6. The van der Waals surface area contributed by atoms with Gasteiger partial charge in [-0.3, -0.25) is 4.79 Å². The Bertz CT molecular complexity index is 518. The first-order valence-electron chi connectivity index (χ1n) is 8.10. The van der Waals surface area contributed by atoms with Gasteiger partial charge in [-0.2, -0.15) is 0 Å². The summed E-state index contributed by atoms with van der Waals surface area (Å²) in [4.78, 5) is 13.4. The summed E-state index contributed by atoms with van der Waals surface area (Å²) in [5.41, 5.74) is 1.59. The molecular formula is C18H25NO3. The molecule has 1 aromatic rings. The Morgan fingerprint density at radius 3 is 2.59 bits per heavy atom. The van der Waals surface area contributed by atoms with Gasteiger partial charge in [0.1, 0.15) is 5.75 Å². The van der Waals surface area contributed by atoms with Gasteiger partial charge in [0.05, 0.1) is 19.8 Å². The zero-order valence-electron chi connectivity index (χ0n) is 13.5. The molecule has 2 heterocycles. The molecule has 2 aliphatic rings. The number of carbonyl (C=O) groups excluding carboxylic acids is 1. The third kappa shape index (κ3) is 3.27. The number of hydrogen-bond acceptors (Lipinski definition) is 3. The third-order valence-corrected chi connectivity index (χ3v) is 5.18. The number of ether oxygens (including phenoxy) is 2. The molecule has 1 atom stereocenters. The molecule has 0 radical (unpaired) electrons. The van der Waals surface area contributed by atoms with Crippen molar-refractivity contribution in [2.45, 2.75) is 38.7 Å². The highest BCUT2D eigenvalue weighted by atomic mass is 16.5. The molecule has 1 amide bonds. The van der Waals surface area contributed by atoms with E-state index in [0.29, 0.717) is 11.5 Å². The van der Waals surface area contributed by atoms with Gasteiger partial charge in [0, 0.05) is 20.0 Å². The summed E-state index contributed by atoms with van der Waals surface area (Å²) >= 11 is 0.